The number of hydrogen-bond donors (Lipinski definition) is 0. The van der Waals surface area contributed by atoms with E-state index >= 15 is 0 Å². The number of nitrogens with zero attached hydrogens (tertiary/aromatic N) is 1. The van der Waals surface area contributed by atoms with Crippen LogP contribution >= 0.6 is 0 Å². The first-order chi connectivity index (χ1) is 15.9. The normalized spacial score (nSPS) is 16.8. The minimum atomic E-state index is -3.14. The second kappa shape index (κ2) is 10.0. The molecular formula is C26H25NO5S. The van der Waals surface area contributed by atoms with Gasteiger partial charge in [0.25, 0.3) is 5.91 Å². The molecule has 1 atom stereocenters. The zero-order chi connectivity index (χ0) is 23.3. The third-order valence-electron chi connectivity index (χ3n) is 5.68. The average molecular weight is 464 g/mol. The van der Waals surface area contributed by atoms with Gasteiger partial charge in [-0.3, -0.25) is 9.59 Å². The zero-order valence-corrected chi connectivity index (χ0v) is 18.9. The summed E-state index contributed by atoms with van der Waals surface area (Å²) in [6.45, 7) is 0.114. The molecule has 1 amide bonds. The van der Waals surface area contributed by atoms with Crippen molar-refractivity contribution < 1.29 is 22.7 Å². The summed E-state index contributed by atoms with van der Waals surface area (Å²) in [6.07, 6.45) is 0.428. The molecular weight excluding hydrogens is 438 g/mol. The lowest BCUT2D eigenvalue weighted by Gasteiger charge is -2.28. The minimum absolute atomic E-state index is 0.0259. The summed E-state index contributed by atoms with van der Waals surface area (Å²) in [5.74, 6) is 0.169. The fourth-order valence-corrected chi connectivity index (χ4v) is 5.64. The van der Waals surface area contributed by atoms with Crippen molar-refractivity contribution in [2.45, 2.75) is 19.0 Å². The van der Waals surface area contributed by atoms with E-state index in [1.165, 1.54) is 0 Å². The van der Waals surface area contributed by atoms with Crippen molar-refractivity contribution in [2.24, 2.45) is 0 Å². The van der Waals surface area contributed by atoms with E-state index in [1.54, 1.807) is 41.3 Å². The van der Waals surface area contributed by atoms with Gasteiger partial charge in [-0.05, 0) is 36.2 Å². The van der Waals surface area contributed by atoms with Crippen molar-refractivity contribution in [3.63, 3.8) is 0 Å². The molecule has 0 unspecified atom stereocenters. The Morgan fingerprint density at radius 3 is 2.06 bits per heavy atom. The van der Waals surface area contributed by atoms with Crippen LogP contribution in [0.1, 0.15) is 27.9 Å². The van der Waals surface area contributed by atoms with Crippen LogP contribution in [0.15, 0.2) is 84.9 Å². The van der Waals surface area contributed by atoms with Crippen LogP contribution in [0.25, 0.3) is 0 Å². The van der Waals surface area contributed by atoms with E-state index in [-0.39, 0.29) is 35.8 Å². The van der Waals surface area contributed by atoms with E-state index in [0.717, 1.165) is 5.56 Å². The van der Waals surface area contributed by atoms with Gasteiger partial charge in [0.15, 0.2) is 22.2 Å². The zero-order valence-electron chi connectivity index (χ0n) is 18.1. The summed E-state index contributed by atoms with van der Waals surface area (Å²) in [4.78, 5) is 27.2. The van der Waals surface area contributed by atoms with Gasteiger partial charge in [0, 0.05) is 23.7 Å². The maximum absolute atomic E-state index is 13.0. The van der Waals surface area contributed by atoms with Crippen molar-refractivity contribution in [3.05, 3.63) is 102 Å². The average Bonchev–Trinajstić information content (AvgIpc) is 3.21. The Morgan fingerprint density at radius 2 is 1.45 bits per heavy atom. The van der Waals surface area contributed by atoms with Crippen LogP contribution in [0.2, 0.25) is 0 Å². The Balaban J connectivity index is 1.42. The first-order valence-electron chi connectivity index (χ1n) is 10.8. The number of ether oxygens (including phenoxy) is 1. The quantitative estimate of drug-likeness (QED) is 0.478. The molecule has 3 aromatic rings. The molecule has 33 heavy (non-hydrogen) atoms. The van der Waals surface area contributed by atoms with Crippen LogP contribution in [0.3, 0.4) is 0 Å². The van der Waals surface area contributed by atoms with Gasteiger partial charge in [-0.1, -0.05) is 60.7 Å². The van der Waals surface area contributed by atoms with Gasteiger partial charge < -0.3 is 9.64 Å². The molecule has 1 fully saturated rings. The lowest BCUT2D eigenvalue weighted by molar-refractivity contribution is -0.136. The van der Waals surface area contributed by atoms with Crippen LogP contribution in [-0.2, 0) is 21.2 Å². The van der Waals surface area contributed by atoms with E-state index in [4.69, 9.17) is 4.74 Å². The number of carbonyl (C=O) groups is 2. The number of amides is 1. The summed E-state index contributed by atoms with van der Waals surface area (Å²) in [5, 5.41) is 0. The molecule has 0 aromatic heterocycles. The monoisotopic (exact) mass is 463 g/mol. The highest BCUT2D eigenvalue weighted by Gasteiger charge is 2.34. The lowest BCUT2D eigenvalue weighted by Crippen LogP contribution is -2.43. The van der Waals surface area contributed by atoms with E-state index in [9.17, 15) is 18.0 Å². The molecule has 3 aromatic carbocycles. The topological polar surface area (TPSA) is 80.8 Å². The largest absolute Gasteiger partial charge is 0.484 e. The van der Waals surface area contributed by atoms with Crippen molar-refractivity contribution in [3.8, 4) is 5.75 Å². The molecule has 6 nitrogen and oxygen atoms in total. The standard InChI is InChI=1S/C26H25NO5S/c28-25(27(17-20-7-3-1-4-8-20)23-15-16-33(30,31)19-23)18-32-24-13-11-22(12-14-24)26(29)21-9-5-2-6-10-21/h1-14,23H,15-19H2/t23-/m0/s1. The summed E-state index contributed by atoms with van der Waals surface area (Å²) in [5.41, 5.74) is 2.06. The first-order valence-corrected chi connectivity index (χ1v) is 12.6. The molecule has 170 valence electrons. The van der Waals surface area contributed by atoms with Crippen molar-refractivity contribution in [2.75, 3.05) is 18.1 Å². The van der Waals surface area contributed by atoms with Crippen molar-refractivity contribution in [1.29, 1.82) is 0 Å². The molecule has 1 aliphatic heterocycles. The van der Waals surface area contributed by atoms with E-state index in [2.05, 4.69) is 0 Å². The maximum atomic E-state index is 13.0. The summed E-state index contributed by atoms with van der Waals surface area (Å²) in [7, 11) is -3.14. The molecule has 0 bridgehead atoms. The molecule has 0 saturated carbocycles. The second-order valence-corrected chi connectivity index (χ2v) is 10.3. The number of hydrogen-bond acceptors (Lipinski definition) is 5. The minimum Gasteiger partial charge on any atom is -0.484 e. The summed E-state index contributed by atoms with van der Waals surface area (Å²) >= 11 is 0. The Morgan fingerprint density at radius 1 is 0.848 bits per heavy atom. The Bertz CT molecular complexity index is 1210. The van der Waals surface area contributed by atoms with Crippen LogP contribution in [0.5, 0.6) is 5.75 Å². The van der Waals surface area contributed by atoms with Crippen LogP contribution in [0.4, 0.5) is 0 Å². The van der Waals surface area contributed by atoms with Gasteiger partial charge in [0.2, 0.25) is 0 Å². The third-order valence-corrected chi connectivity index (χ3v) is 7.43. The Hall–Kier alpha value is -3.45. The van der Waals surface area contributed by atoms with E-state index in [0.29, 0.717) is 29.8 Å². The van der Waals surface area contributed by atoms with Gasteiger partial charge in [0.1, 0.15) is 5.75 Å². The Kier molecular flexibility index (Phi) is 6.89. The molecule has 7 heteroatoms. The van der Waals surface area contributed by atoms with Gasteiger partial charge in [-0.2, -0.15) is 0 Å². The number of carbonyl (C=O) groups excluding carboxylic acids is 2. The number of rotatable bonds is 8. The highest BCUT2D eigenvalue weighted by atomic mass is 32.2. The number of benzene rings is 3. The summed E-state index contributed by atoms with van der Waals surface area (Å²) < 4.78 is 29.7. The van der Waals surface area contributed by atoms with Gasteiger partial charge >= 0.3 is 0 Å². The van der Waals surface area contributed by atoms with Gasteiger partial charge in [-0.25, -0.2) is 8.42 Å². The molecule has 4 rings (SSSR count). The number of ketones is 1. The molecule has 0 N–H and O–H groups in total. The van der Waals surface area contributed by atoms with Crippen molar-refractivity contribution in [1.82, 2.24) is 4.90 Å². The molecule has 0 aliphatic carbocycles. The van der Waals surface area contributed by atoms with Gasteiger partial charge in [-0.15, -0.1) is 0 Å². The van der Waals surface area contributed by atoms with Crippen LogP contribution in [-0.4, -0.2) is 49.2 Å². The Labute approximate surface area is 193 Å². The fraction of sp³-hybridized carbons (Fsp3) is 0.231. The molecule has 1 saturated heterocycles. The molecule has 1 heterocycles. The predicted octanol–water partition coefficient (Wildman–Crippen LogP) is 3.51. The summed E-state index contributed by atoms with van der Waals surface area (Å²) in [6, 6.07) is 24.8. The van der Waals surface area contributed by atoms with E-state index in [1.807, 2.05) is 48.5 Å². The second-order valence-electron chi connectivity index (χ2n) is 8.07. The lowest BCUT2D eigenvalue weighted by atomic mass is 10.0. The maximum Gasteiger partial charge on any atom is 0.261 e. The molecule has 0 radical (unpaired) electrons. The first kappa shape index (κ1) is 22.7. The van der Waals surface area contributed by atoms with Gasteiger partial charge in [0.05, 0.1) is 11.5 Å². The molecule has 0 spiro atoms. The smallest absolute Gasteiger partial charge is 0.261 e. The highest BCUT2D eigenvalue weighted by molar-refractivity contribution is 7.91. The van der Waals surface area contributed by atoms with E-state index < -0.39 is 9.84 Å². The third kappa shape index (κ3) is 5.87. The van der Waals surface area contributed by atoms with Crippen LogP contribution in [0, 0.1) is 0 Å². The molecule has 1 aliphatic rings. The van der Waals surface area contributed by atoms with Crippen LogP contribution < -0.4 is 4.74 Å². The fourth-order valence-electron chi connectivity index (χ4n) is 3.91. The highest BCUT2D eigenvalue weighted by Crippen LogP contribution is 2.21. The SMILES string of the molecule is O=C(c1ccccc1)c1ccc(OCC(=O)N(Cc2ccccc2)[C@H]2CCS(=O)(=O)C2)cc1. The predicted molar refractivity (Wildman–Crippen MR) is 126 cm³/mol. The van der Waals surface area contributed by atoms with Crippen molar-refractivity contribution >= 4 is 21.5 Å². The number of sulfone groups is 1.